The molecule has 0 saturated heterocycles. The molecule has 0 radical (unpaired) electrons. The molecule has 1 N–H and O–H groups in total. The molecule has 0 bridgehead atoms. The molecule has 1 aliphatic rings. The van der Waals surface area contributed by atoms with Crippen molar-refractivity contribution in [3.05, 3.63) is 23.1 Å². The van der Waals surface area contributed by atoms with E-state index in [9.17, 15) is 4.79 Å². The van der Waals surface area contributed by atoms with Gasteiger partial charge in [-0.15, -0.1) is 11.6 Å². The van der Waals surface area contributed by atoms with Gasteiger partial charge in [0, 0.05) is 5.88 Å². The molecule has 2 rings (SSSR count). The fourth-order valence-electron chi connectivity index (χ4n) is 2.28. The van der Waals surface area contributed by atoms with E-state index in [0.29, 0.717) is 11.4 Å². The maximum absolute atomic E-state index is 12.0. The molecular weight excluding hydrogens is 261 g/mol. The minimum absolute atomic E-state index is 0.128. The van der Waals surface area contributed by atoms with E-state index in [0.717, 1.165) is 25.7 Å². The molecule has 0 atom stereocenters. The van der Waals surface area contributed by atoms with Gasteiger partial charge < -0.3 is 9.73 Å². The third-order valence-electron chi connectivity index (χ3n) is 3.31. The number of rotatable bonds is 3. The Hall–Kier alpha value is -0.670. The minimum atomic E-state index is -0.280. The van der Waals surface area contributed by atoms with Gasteiger partial charge in [0.2, 0.25) is 5.22 Å². The Balaban J connectivity index is 2.08. The van der Waals surface area contributed by atoms with Crippen LogP contribution in [0.15, 0.2) is 16.7 Å². The number of hydrogen-bond donors (Lipinski definition) is 1. The summed E-state index contributed by atoms with van der Waals surface area (Å²) in [5.74, 6) is 0.236. The molecule has 1 saturated carbocycles. The van der Waals surface area contributed by atoms with Gasteiger partial charge in [-0.2, -0.15) is 0 Å². The maximum atomic E-state index is 12.0. The van der Waals surface area contributed by atoms with E-state index in [2.05, 4.69) is 5.32 Å². The Kier molecular flexibility index (Phi) is 4.00. The van der Waals surface area contributed by atoms with Crippen LogP contribution in [0.2, 0.25) is 5.22 Å². The molecule has 0 aliphatic heterocycles. The molecular formula is C12H15Cl2NO2. The van der Waals surface area contributed by atoms with Crippen molar-refractivity contribution < 1.29 is 9.21 Å². The van der Waals surface area contributed by atoms with E-state index in [1.165, 1.54) is 12.7 Å². The van der Waals surface area contributed by atoms with Gasteiger partial charge in [0.05, 0.1) is 17.4 Å². The Morgan fingerprint density at radius 3 is 2.65 bits per heavy atom. The molecule has 0 aromatic carbocycles. The topological polar surface area (TPSA) is 42.2 Å². The third-order valence-corrected chi connectivity index (χ3v) is 4.11. The predicted molar refractivity (Wildman–Crippen MR) is 67.7 cm³/mol. The second-order valence-corrected chi connectivity index (χ2v) is 5.15. The first-order chi connectivity index (χ1) is 8.17. The van der Waals surface area contributed by atoms with Crippen molar-refractivity contribution in [2.75, 3.05) is 5.88 Å². The van der Waals surface area contributed by atoms with Crippen LogP contribution in [-0.2, 0) is 0 Å². The fraction of sp³-hybridized carbons (Fsp3) is 0.583. The third kappa shape index (κ3) is 2.78. The highest BCUT2D eigenvalue weighted by Gasteiger charge is 2.33. The minimum Gasteiger partial charge on any atom is -0.452 e. The summed E-state index contributed by atoms with van der Waals surface area (Å²) < 4.78 is 4.91. The predicted octanol–water partition coefficient (Wildman–Crippen LogP) is 3.60. The molecule has 3 nitrogen and oxygen atoms in total. The molecule has 5 heteroatoms. The molecule has 94 valence electrons. The Bertz CT molecular complexity index is 397. The molecule has 1 heterocycles. The van der Waals surface area contributed by atoms with E-state index in [1.54, 1.807) is 6.07 Å². The quantitative estimate of drug-likeness (QED) is 0.857. The lowest BCUT2D eigenvalue weighted by molar-refractivity contribution is 0.0884. The number of carbonyl (C=O) groups excluding carboxylic acids is 1. The summed E-state index contributed by atoms with van der Waals surface area (Å²) in [6.07, 6.45) is 6.68. The van der Waals surface area contributed by atoms with Crippen LogP contribution in [0.4, 0.5) is 0 Å². The van der Waals surface area contributed by atoms with Gasteiger partial charge in [-0.1, -0.05) is 19.3 Å². The summed E-state index contributed by atoms with van der Waals surface area (Å²) in [4.78, 5) is 12.0. The van der Waals surface area contributed by atoms with Crippen molar-refractivity contribution in [1.82, 2.24) is 5.32 Å². The van der Waals surface area contributed by atoms with Crippen molar-refractivity contribution in [2.45, 2.75) is 37.6 Å². The lowest BCUT2D eigenvalue weighted by Gasteiger charge is -2.36. The van der Waals surface area contributed by atoms with Crippen LogP contribution in [0, 0.1) is 0 Å². The molecule has 1 fully saturated rings. The number of amides is 1. The Morgan fingerprint density at radius 2 is 2.12 bits per heavy atom. The second-order valence-electron chi connectivity index (χ2n) is 4.54. The van der Waals surface area contributed by atoms with Crippen LogP contribution in [0.25, 0.3) is 0 Å². The van der Waals surface area contributed by atoms with Gasteiger partial charge in [-0.05, 0) is 30.5 Å². The summed E-state index contributed by atoms with van der Waals surface area (Å²) in [6.45, 7) is 0. The van der Waals surface area contributed by atoms with E-state index in [4.69, 9.17) is 27.6 Å². The lowest BCUT2D eigenvalue weighted by atomic mass is 9.83. The molecule has 1 aliphatic carbocycles. The smallest absolute Gasteiger partial charge is 0.256 e. The highest BCUT2D eigenvalue weighted by atomic mass is 35.5. The number of furan rings is 1. The summed E-state index contributed by atoms with van der Waals surface area (Å²) in [6, 6.07) is 1.57. The molecule has 0 spiro atoms. The number of alkyl halides is 1. The van der Waals surface area contributed by atoms with Crippen LogP contribution in [-0.4, -0.2) is 17.3 Å². The lowest BCUT2D eigenvalue weighted by Crippen LogP contribution is -2.51. The molecule has 1 aromatic rings. The van der Waals surface area contributed by atoms with Gasteiger partial charge in [-0.3, -0.25) is 4.79 Å². The Labute approximate surface area is 110 Å². The van der Waals surface area contributed by atoms with Crippen LogP contribution in [0.5, 0.6) is 0 Å². The summed E-state index contributed by atoms with van der Waals surface area (Å²) in [7, 11) is 0. The SMILES string of the molecule is O=C(NC1(CCl)CCCCC1)c1ccoc1Cl. The fourth-order valence-corrected chi connectivity index (χ4v) is 2.82. The van der Waals surface area contributed by atoms with Gasteiger partial charge in [0.1, 0.15) is 0 Å². The molecule has 1 amide bonds. The first-order valence-electron chi connectivity index (χ1n) is 5.78. The van der Waals surface area contributed by atoms with Gasteiger partial charge >= 0.3 is 0 Å². The van der Waals surface area contributed by atoms with Crippen molar-refractivity contribution >= 4 is 29.1 Å². The van der Waals surface area contributed by atoms with Gasteiger partial charge in [-0.25, -0.2) is 0 Å². The van der Waals surface area contributed by atoms with Crippen molar-refractivity contribution in [3.8, 4) is 0 Å². The van der Waals surface area contributed by atoms with Crippen LogP contribution in [0.3, 0.4) is 0 Å². The zero-order valence-corrected chi connectivity index (χ0v) is 11.0. The maximum Gasteiger partial charge on any atom is 0.256 e. The number of nitrogens with one attached hydrogen (secondary N) is 1. The summed E-state index contributed by atoms with van der Waals surface area (Å²) in [5.41, 5.74) is 0.0963. The zero-order chi connectivity index (χ0) is 12.3. The van der Waals surface area contributed by atoms with E-state index in [1.807, 2.05) is 0 Å². The van der Waals surface area contributed by atoms with Crippen LogP contribution in [0.1, 0.15) is 42.5 Å². The molecule has 0 unspecified atom stereocenters. The standard InChI is InChI=1S/C12H15Cl2NO2/c13-8-12(5-2-1-3-6-12)15-11(16)9-4-7-17-10(9)14/h4,7H,1-3,5-6,8H2,(H,15,16). The first-order valence-corrected chi connectivity index (χ1v) is 6.70. The summed E-state index contributed by atoms with van der Waals surface area (Å²) >= 11 is 11.8. The van der Waals surface area contributed by atoms with Gasteiger partial charge in [0.15, 0.2) is 0 Å². The average Bonchev–Trinajstić information content (AvgIpc) is 2.77. The Morgan fingerprint density at radius 1 is 1.41 bits per heavy atom. The number of hydrogen-bond acceptors (Lipinski definition) is 2. The van der Waals surface area contributed by atoms with Crippen LogP contribution >= 0.6 is 23.2 Å². The zero-order valence-electron chi connectivity index (χ0n) is 9.47. The largest absolute Gasteiger partial charge is 0.452 e. The number of halogens is 2. The molecule has 17 heavy (non-hydrogen) atoms. The summed E-state index contributed by atoms with van der Waals surface area (Å²) in [5, 5.41) is 3.14. The average molecular weight is 276 g/mol. The van der Waals surface area contributed by atoms with Crippen molar-refractivity contribution in [1.29, 1.82) is 0 Å². The highest BCUT2D eigenvalue weighted by molar-refractivity contribution is 6.32. The first kappa shape index (κ1) is 12.8. The number of carbonyl (C=O) groups is 1. The molecule has 1 aromatic heterocycles. The van der Waals surface area contributed by atoms with Gasteiger partial charge in [0.25, 0.3) is 5.91 Å². The van der Waals surface area contributed by atoms with E-state index >= 15 is 0 Å². The highest BCUT2D eigenvalue weighted by Crippen LogP contribution is 2.30. The van der Waals surface area contributed by atoms with E-state index < -0.39 is 0 Å². The second kappa shape index (κ2) is 5.32. The van der Waals surface area contributed by atoms with Crippen LogP contribution < -0.4 is 5.32 Å². The normalized spacial score (nSPS) is 18.9. The van der Waals surface area contributed by atoms with Crippen molar-refractivity contribution in [2.24, 2.45) is 0 Å². The van der Waals surface area contributed by atoms with Crippen molar-refractivity contribution in [3.63, 3.8) is 0 Å². The monoisotopic (exact) mass is 275 g/mol. The van der Waals surface area contributed by atoms with E-state index in [-0.39, 0.29) is 16.7 Å².